The third-order valence-electron chi connectivity index (χ3n) is 3.64. The lowest BCUT2D eigenvalue weighted by Crippen LogP contribution is -2.39. The van der Waals surface area contributed by atoms with Gasteiger partial charge in [-0.05, 0) is 25.0 Å². The number of rotatable bonds is 6. The highest BCUT2D eigenvalue weighted by Gasteiger charge is 2.19. The van der Waals surface area contributed by atoms with E-state index in [1.54, 1.807) is 0 Å². The van der Waals surface area contributed by atoms with Crippen LogP contribution in [0.25, 0.3) is 0 Å². The molecule has 0 unspecified atom stereocenters. The van der Waals surface area contributed by atoms with Crippen LogP contribution in [0.5, 0.6) is 5.75 Å². The van der Waals surface area contributed by atoms with Crippen LogP contribution in [-0.2, 0) is 4.79 Å². The quantitative estimate of drug-likeness (QED) is 0.493. The molecule has 0 bridgehead atoms. The first-order valence-corrected chi connectivity index (χ1v) is 7.26. The van der Waals surface area contributed by atoms with Crippen molar-refractivity contribution in [3.05, 3.63) is 33.9 Å². The highest BCUT2D eigenvalue weighted by molar-refractivity contribution is 5.79. The third-order valence-corrected chi connectivity index (χ3v) is 3.64. The van der Waals surface area contributed by atoms with Crippen molar-refractivity contribution < 1.29 is 19.2 Å². The Morgan fingerprint density at radius 2 is 2.09 bits per heavy atom. The summed E-state index contributed by atoms with van der Waals surface area (Å²) >= 11 is 0. The molecular weight excluding hydrogens is 288 g/mol. The van der Waals surface area contributed by atoms with Crippen LogP contribution in [0.4, 0.5) is 5.69 Å². The Morgan fingerprint density at radius 3 is 2.73 bits per heavy atom. The van der Waals surface area contributed by atoms with E-state index in [0.29, 0.717) is 6.29 Å². The number of hydrogen-bond acceptors (Lipinski definition) is 5. The minimum Gasteiger partial charge on any atom is -0.477 e. The largest absolute Gasteiger partial charge is 0.477 e. The van der Waals surface area contributed by atoms with Crippen molar-refractivity contribution in [3.8, 4) is 5.75 Å². The number of nitrogens with one attached hydrogen (secondary N) is 1. The van der Waals surface area contributed by atoms with E-state index in [9.17, 15) is 19.7 Å². The van der Waals surface area contributed by atoms with Gasteiger partial charge in [0.1, 0.15) is 6.29 Å². The number of ether oxygens (including phenoxy) is 1. The number of carbonyl (C=O) groups excluding carboxylic acids is 2. The fraction of sp³-hybridized carbons (Fsp3) is 0.467. The number of nitro benzene ring substituents is 1. The molecule has 1 saturated carbocycles. The predicted octanol–water partition coefficient (Wildman–Crippen LogP) is 2.24. The van der Waals surface area contributed by atoms with Crippen molar-refractivity contribution in [3.63, 3.8) is 0 Å². The molecule has 1 N–H and O–H groups in total. The fourth-order valence-corrected chi connectivity index (χ4v) is 2.53. The summed E-state index contributed by atoms with van der Waals surface area (Å²) in [7, 11) is 0. The molecule has 2 rings (SSSR count). The Morgan fingerprint density at radius 1 is 1.36 bits per heavy atom. The van der Waals surface area contributed by atoms with Crippen LogP contribution in [-0.4, -0.2) is 29.8 Å². The number of carbonyl (C=O) groups is 2. The maximum atomic E-state index is 11.8. The summed E-state index contributed by atoms with van der Waals surface area (Å²) in [5.74, 6) is -0.310. The van der Waals surface area contributed by atoms with Crippen molar-refractivity contribution in [2.75, 3.05) is 6.61 Å². The lowest BCUT2D eigenvalue weighted by Gasteiger charge is -2.22. The van der Waals surface area contributed by atoms with Gasteiger partial charge in [-0.3, -0.25) is 19.7 Å². The Kier molecular flexibility index (Phi) is 5.46. The van der Waals surface area contributed by atoms with E-state index in [-0.39, 0.29) is 35.6 Å². The number of nitrogens with zero attached hydrogens (tertiary/aromatic N) is 1. The van der Waals surface area contributed by atoms with Gasteiger partial charge >= 0.3 is 5.69 Å². The zero-order valence-corrected chi connectivity index (χ0v) is 12.1. The van der Waals surface area contributed by atoms with Crippen molar-refractivity contribution in [1.29, 1.82) is 0 Å². The zero-order chi connectivity index (χ0) is 15.9. The van der Waals surface area contributed by atoms with Gasteiger partial charge in [-0.25, -0.2) is 0 Å². The van der Waals surface area contributed by atoms with E-state index < -0.39 is 4.92 Å². The molecule has 1 aromatic rings. The molecule has 0 atom stereocenters. The van der Waals surface area contributed by atoms with Crippen LogP contribution in [0.1, 0.15) is 42.5 Å². The third kappa shape index (κ3) is 4.28. The first-order chi connectivity index (χ1) is 10.6. The summed E-state index contributed by atoms with van der Waals surface area (Å²) in [4.78, 5) is 32.8. The monoisotopic (exact) mass is 306 g/mol. The molecule has 22 heavy (non-hydrogen) atoms. The second-order valence-electron chi connectivity index (χ2n) is 5.29. The summed E-state index contributed by atoms with van der Waals surface area (Å²) in [5.41, 5.74) is -0.138. The van der Waals surface area contributed by atoms with Gasteiger partial charge < -0.3 is 10.1 Å². The van der Waals surface area contributed by atoms with Crippen LogP contribution in [0, 0.1) is 10.1 Å². The maximum absolute atomic E-state index is 11.8. The lowest BCUT2D eigenvalue weighted by atomic mass is 9.95. The van der Waals surface area contributed by atoms with Gasteiger partial charge in [0.2, 0.25) is 0 Å². The van der Waals surface area contributed by atoms with E-state index in [1.165, 1.54) is 18.6 Å². The van der Waals surface area contributed by atoms with E-state index in [4.69, 9.17) is 4.74 Å². The minimum absolute atomic E-state index is 0.0191. The molecule has 7 heteroatoms. The van der Waals surface area contributed by atoms with Crippen LogP contribution in [0.2, 0.25) is 0 Å². The molecule has 0 aromatic heterocycles. The molecular formula is C15H18N2O5. The van der Waals surface area contributed by atoms with E-state index in [0.717, 1.165) is 31.7 Å². The second kappa shape index (κ2) is 7.53. The molecule has 0 spiro atoms. The summed E-state index contributed by atoms with van der Waals surface area (Å²) in [6.07, 6.45) is 5.83. The number of aldehydes is 1. The van der Waals surface area contributed by atoms with Crippen LogP contribution >= 0.6 is 0 Å². The van der Waals surface area contributed by atoms with Crippen molar-refractivity contribution in [2.24, 2.45) is 0 Å². The smallest absolute Gasteiger partial charge is 0.311 e. The van der Waals surface area contributed by atoms with Crippen molar-refractivity contribution in [2.45, 2.75) is 38.1 Å². The SMILES string of the molecule is O=Cc1ccc(OCC(=O)NC2CCCCC2)c([N+](=O)[O-])c1. The van der Waals surface area contributed by atoms with Crippen molar-refractivity contribution in [1.82, 2.24) is 5.32 Å². The molecule has 118 valence electrons. The molecule has 1 aliphatic carbocycles. The average Bonchev–Trinajstić information content (AvgIpc) is 2.53. The summed E-state index contributed by atoms with van der Waals surface area (Å²) in [6, 6.07) is 4.03. The molecule has 0 aliphatic heterocycles. The zero-order valence-electron chi connectivity index (χ0n) is 12.1. The topological polar surface area (TPSA) is 98.5 Å². The van der Waals surface area contributed by atoms with E-state index >= 15 is 0 Å². The predicted molar refractivity (Wildman–Crippen MR) is 79.0 cm³/mol. The standard InChI is InChI=1S/C15H18N2O5/c18-9-11-6-7-14(13(8-11)17(20)21)22-10-15(19)16-12-4-2-1-3-5-12/h6-9,12H,1-5,10H2,(H,16,19). The molecule has 0 radical (unpaired) electrons. The summed E-state index contributed by atoms with van der Waals surface area (Å²) in [6.45, 7) is -0.280. The maximum Gasteiger partial charge on any atom is 0.311 e. The van der Waals surface area contributed by atoms with Gasteiger partial charge in [-0.15, -0.1) is 0 Å². The van der Waals surface area contributed by atoms with Crippen LogP contribution < -0.4 is 10.1 Å². The molecule has 7 nitrogen and oxygen atoms in total. The van der Waals surface area contributed by atoms with Crippen LogP contribution in [0.15, 0.2) is 18.2 Å². The van der Waals surface area contributed by atoms with Gasteiger partial charge in [0.15, 0.2) is 12.4 Å². The molecule has 1 amide bonds. The number of hydrogen-bond donors (Lipinski definition) is 1. The first kappa shape index (κ1) is 15.9. The Balaban J connectivity index is 1.94. The van der Waals surface area contributed by atoms with E-state index in [2.05, 4.69) is 5.32 Å². The normalized spacial score (nSPS) is 15.1. The van der Waals surface area contributed by atoms with Crippen molar-refractivity contribution >= 4 is 17.9 Å². The average molecular weight is 306 g/mol. The van der Waals surface area contributed by atoms with Gasteiger partial charge in [0, 0.05) is 17.7 Å². The fourth-order valence-electron chi connectivity index (χ4n) is 2.53. The molecule has 0 heterocycles. The molecule has 1 fully saturated rings. The molecule has 0 saturated heterocycles. The van der Waals surface area contributed by atoms with Gasteiger partial charge in [0.25, 0.3) is 5.91 Å². The lowest BCUT2D eigenvalue weighted by molar-refractivity contribution is -0.385. The highest BCUT2D eigenvalue weighted by atomic mass is 16.6. The first-order valence-electron chi connectivity index (χ1n) is 7.26. The Bertz CT molecular complexity index is 567. The number of nitro groups is 1. The van der Waals surface area contributed by atoms with Gasteiger partial charge in [-0.1, -0.05) is 19.3 Å². The molecule has 1 aliphatic rings. The highest BCUT2D eigenvalue weighted by Crippen LogP contribution is 2.27. The van der Waals surface area contributed by atoms with Crippen LogP contribution in [0.3, 0.4) is 0 Å². The van der Waals surface area contributed by atoms with Gasteiger partial charge in [0.05, 0.1) is 4.92 Å². The summed E-state index contributed by atoms with van der Waals surface area (Å²) in [5, 5.41) is 13.8. The number of amides is 1. The molecule has 1 aromatic carbocycles. The second-order valence-corrected chi connectivity index (χ2v) is 5.29. The Hall–Kier alpha value is -2.44. The van der Waals surface area contributed by atoms with Gasteiger partial charge in [-0.2, -0.15) is 0 Å². The summed E-state index contributed by atoms with van der Waals surface area (Å²) < 4.78 is 5.23. The Labute approximate surface area is 127 Å². The number of benzene rings is 1. The van der Waals surface area contributed by atoms with E-state index in [1.807, 2.05) is 0 Å². The minimum atomic E-state index is -0.638.